The second-order valence-corrected chi connectivity index (χ2v) is 5.18. The van der Waals surface area contributed by atoms with E-state index in [0.717, 1.165) is 16.7 Å². The lowest BCUT2D eigenvalue weighted by molar-refractivity contribution is -0.129. The van der Waals surface area contributed by atoms with Crippen LogP contribution in [-0.2, 0) is 16.1 Å². The van der Waals surface area contributed by atoms with Crippen LogP contribution in [0.4, 0.5) is 0 Å². The van der Waals surface area contributed by atoms with Crippen LogP contribution in [-0.4, -0.2) is 31.0 Å². The molecule has 0 bridgehead atoms. The highest BCUT2D eigenvalue weighted by Crippen LogP contribution is 2.31. The fourth-order valence-corrected chi connectivity index (χ4v) is 2.30. The van der Waals surface area contributed by atoms with Crippen LogP contribution in [0.1, 0.15) is 5.56 Å². The number of methoxy groups -OCH3 is 1. The molecule has 0 saturated heterocycles. The Morgan fingerprint density at radius 2 is 1.87 bits per heavy atom. The molecule has 23 heavy (non-hydrogen) atoms. The summed E-state index contributed by atoms with van der Waals surface area (Å²) in [5.41, 5.74) is 2.49. The number of carboxylic acids is 1. The van der Waals surface area contributed by atoms with Crippen LogP contribution in [0.2, 0.25) is 5.02 Å². The second-order valence-electron chi connectivity index (χ2n) is 4.74. The molecule has 0 heterocycles. The van der Waals surface area contributed by atoms with Crippen molar-refractivity contribution in [1.29, 1.82) is 0 Å². The van der Waals surface area contributed by atoms with Crippen molar-refractivity contribution >= 4 is 23.3 Å². The van der Waals surface area contributed by atoms with E-state index < -0.39 is 5.97 Å². The van der Waals surface area contributed by atoms with Crippen molar-refractivity contribution in [3.63, 3.8) is 0 Å². The van der Waals surface area contributed by atoms with Crippen LogP contribution >= 0.6 is 11.6 Å². The highest BCUT2D eigenvalue weighted by atomic mass is 35.5. The Bertz CT molecular complexity index is 726. The highest BCUT2D eigenvalue weighted by Gasteiger charge is 2.14. The molecule has 0 aliphatic rings. The van der Waals surface area contributed by atoms with Gasteiger partial charge in [-0.25, -0.2) is 4.79 Å². The molecular weight excluding hydrogens is 318 g/mol. The van der Waals surface area contributed by atoms with Gasteiger partial charge < -0.3 is 14.7 Å². The summed E-state index contributed by atoms with van der Waals surface area (Å²) < 4.78 is 5.38. The van der Waals surface area contributed by atoms with E-state index in [4.69, 9.17) is 21.4 Å². The summed E-state index contributed by atoms with van der Waals surface area (Å²) in [7, 11) is 2.90. The lowest BCUT2D eigenvalue weighted by Crippen LogP contribution is -2.16. The minimum Gasteiger partial charge on any atom is -0.496 e. The Kier molecular flexibility index (Phi) is 5.60. The van der Waals surface area contributed by atoms with Gasteiger partial charge in [-0.15, -0.1) is 0 Å². The third kappa shape index (κ3) is 4.23. The van der Waals surface area contributed by atoms with E-state index in [1.807, 2.05) is 18.2 Å². The Hall–Kier alpha value is -2.53. The van der Waals surface area contributed by atoms with Gasteiger partial charge in [-0.3, -0.25) is 0 Å². The number of carbonyl (C=O) groups is 1. The van der Waals surface area contributed by atoms with Gasteiger partial charge in [-0.2, -0.15) is 0 Å². The Morgan fingerprint density at radius 3 is 2.43 bits per heavy atom. The zero-order valence-electron chi connectivity index (χ0n) is 12.7. The molecule has 1 N–H and O–H groups in total. The number of aliphatic carboxylic acids is 1. The smallest absolute Gasteiger partial charge is 0.354 e. The Balaban J connectivity index is 2.41. The normalized spacial score (nSPS) is 11.2. The monoisotopic (exact) mass is 333 g/mol. The molecule has 2 aromatic rings. The molecule has 5 nitrogen and oxygen atoms in total. The maximum absolute atomic E-state index is 11.2. The highest BCUT2D eigenvalue weighted by molar-refractivity contribution is 6.35. The van der Waals surface area contributed by atoms with Crippen LogP contribution in [0.5, 0.6) is 5.75 Å². The van der Waals surface area contributed by atoms with Gasteiger partial charge in [0.25, 0.3) is 0 Å². The fourth-order valence-electron chi connectivity index (χ4n) is 2.17. The summed E-state index contributed by atoms with van der Waals surface area (Å²) in [4.78, 5) is 15.7. The van der Waals surface area contributed by atoms with E-state index in [-0.39, 0.29) is 12.1 Å². The zero-order chi connectivity index (χ0) is 16.8. The first-order valence-electron chi connectivity index (χ1n) is 6.81. The Labute approximate surface area is 139 Å². The molecule has 2 rings (SSSR count). The number of halogens is 1. The van der Waals surface area contributed by atoms with Crippen molar-refractivity contribution in [2.45, 2.75) is 6.42 Å². The van der Waals surface area contributed by atoms with Crippen molar-refractivity contribution in [2.75, 3.05) is 14.2 Å². The molecule has 120 valence electrons. The van der Waals surface area contributed by atoms with Crippen LogP contribution < -0.4 is 4.74 Å². The molecule has 0 aliphatic heterocycles. The summed E-state index contributed by atoms with van der Waals surface area (Å²) in [5.74, 6) is -0.424. The first kappa shape index (κ1) is 16.8. The molecule has 0 unspecified atom stereocenters. The van der Waals surface area contributed by atoms with Crippen LogP contribution in [0.3, 0.4) is 0 Å². The average molecular weight is 334 g/mol. The fraction of sp³-hybridized carbons (Fsp3) is 0.176. The number of benzene rings is 2. The van der Waals surface area contributed by atoms with E-state index in [1.54, 1.807) is 31.4 Å². The van der Waals surface area contributed by atoms with Crippen molar-refractivity contribution in [2.24, 2.45) is 5.16 Å². The number of nitrogens with zero attached hydrogens (tertiary/aromatic N) is 1. The lowest BCUT2D eigenvalue weighted by Gasteiger charge is -2.11. The van der Waals surface area contributed by atoms with E-state index in [2.05, 4.69) is 9.99 Å². The minimum atomic E-state index is -1.12. The van der Waals surface area contributed by atoms with Crippen molar-refractivity contribution in [3.8, 4) is 16.9 Å². The molecule has 0 atom stereocenters. The van der Waals surface area contributed by atoms with E-state index >= 15 is 0 Å². The first-order valence-corrected chi connectivity index (χ1v) is 7.19. The molecule has 0 fully saturated rings. The van der Waals surface area contributed by atoms with Crippen LogP contribution in [0.15, 0.2) is 47.6 Å². The van der Waals surface area contributed by atoms with Crippen LogP contribution in [0.25, 0.3) is 11.1 Å². The van der Waals surface area contributed by atoms with Gasteiger partial charge in [0, 0.05) is 17.0 Å². The van der Waals surface area contributed by atoms with Gasteiger partial charge in [0.2, 0.25) is 0 Å². The predicted octanol–water partition coefficient (Wildman–Crippen LogP) is 3.65. The molecular formula is C17H16ClNO4. The number of ether oxygens (including phenoxy) is 1. The topological polar surface area (TPSA) is 68.1 Å². The van der Waals surface area contributed by atoms with Crippen molar-refractivity contribution in [1.82, 2.24) is 0 Å². The molecule has 0 aromatic heterocycles. The predicted molar refractivity (Wildman–Crippen MR) is 89.2 cm³/mol. The SMILES string of the molecule is CON=C(Cc1ccc(OC)c(-c2ccc(Cl)cc2)c1)C(=O)O. The maximum atomic E-state index is 11.2. The summed E-state index contributed by atoms with van der Waals surface area (Å²) in [6, 6.07) is 12.8. The minimum absolute atomic E-state index is 0.0697. The molecule has 0 radical (unpaired) electrons. The third-order valence-corrected chi connectivity index (χ3v) is 3.49. The lowest BCUT2D eigenvalue weighted by atomic mass is 9.99. The number of hydrogen-bond donors (Lipinski definition) is 1. The Morgan fingerprint density at radius 1 is 1.17 bits per heavy atom. The quantitative estimate of drug-likeness (QED) is 0.647. The number of rotatable bonds is 6. The van der Waals surface area contributed by atoms with E-state index in [9.17, 15) is 4.79 Å². The number of carboxylic acid groups (broad SMARTS) is 1. The molecule has 0 aliphatic carbocycles. The van der Waals surface area contributed by atoms with Gasteiger partial charge in [-0.05, 0) is 35.4 Å². The number of oxime groups is 1. The summed E-state index contributed by atoms with van der Waals surface area (Å²) in [5, 5.41) is 13.3. The maximum Gasteiger partial charge on any atom is 0.354 e. The second kappa shape index (κ2) is 7.65. The third-order valence-electron chi connectivity index (χ3n) is 3.24. The van der Waals surface area contributed by atoms with E-state index in [1.165, 1.54) is 7.11 Å². The largest absolute Gasteiger partial charge is 0.496 e. The standard InChI is InChI=1S/C17H16ClNO4/c1-22-16-8-3-11(10-15(17(20)21)19-23-2)9-14(16)12-4-6-13(18)7-5-12/h3-9H,10H2,1-2H3,(H,20,21). The zero-order valence-corrected chi connectivity index (χ0v) is 13.5. The first-order chi connectivity index (χ1) is 11.0. The molecule has 0 saturated carbocycles. The molecule has 2 aromatic carbocycles. The molecule has 6 heteroatoms. The molecule has 0 amide bonds. The van der Waals surface area contributed by atoms with Gasteiger partial charge in [-0.1, -0.05) is 35.0 Å². The molecule has 0 spiro atoms. The van der Waals surface area contributed by atoms with Crippen molar-refractivity contribution < 1.29 is 19.5 Å². The van der Waals surface area contributed by atoms with Gasteiger partial charge >= 0.3 is 5.97 Å². The summed E-state index contributed by atoms with van der Waals surface area (Å²) >= 11 is 5.92. The van der Waals surface area contributed by atoms with Crippen molar-refractivity contribution in [3.05, 3.63) is 53.1 Å². The van der Waals surface area contributed by atoms with Gasteiger partial charge in [0.15, 0.2) is 5.71 Å². The summed E-state index contributed by atoms with van der Waals surface area (Å²) in [6.45, 7) is 0. The number of hydrogen-bond acceptors (Lipinski definition) is 4. The van der Waals surface area contributed by atoms with Gasteiger partial charge in [0.1, 0.15) is 12.9 Å². The van der Waals surface area contributed by atoms with E-state index in [0.29, 0.717) is 10.8 Å². The van der Waals surface area contributed by atoms with Gasteiger partial charge in [0.05, 0.1) is 7.11 Å². The summed E-state index contributed by atoms with van der Waals surface area (Å²) in [6.07, 6.45) is 0.147. The van der Waals surface area contributed by atoms with Crippen LogP contribution in [0, 0.1) is 0 Å². The average Bonchev–Trinajstić information content (AvgIpc) is 2.55.